The van der Waals surface area contributed by atoms with Crippen molar-refractivity contribution < 1.29 is 13.9 Å². The van der Waals surface area contributed by atoms with Gasteiger partial charge in [-0.3, -0.25) is 4.79 Å². The molecular formula is C19H19ClFN5O2. The molecule has 1 aliphatic carbocycles. The molecule has 0 bridgehead atoms. The SMILES string of the molecule is C=C(CCNC(=O)COc1ccc(Cl)c(F)c1)c1cnn([C@H]2C[C@@H](C#N)C2)n1. The first-order valence-corrected chi connectivity index (χ1v) is 9.18. The van der Waals surface area contributed by atoms with Crippen LogP contribution < -0.4 is 10.1 Å². The van der Waals surface area contributed by atoms with Crippen molar-refractivity contribution in [1.82, 2.24) is 20.3 Å². The van der Waals surface area contributed by atoms with Gasteiger partial charge in [-0.1, -0.05) is 18.2 Å². The zero-order valence-corrected chi connectivity index (χ0v) is 15.8. The quantitative estimate of drug-likeness (QED) is 0.730. The highest BCUT2D eigenvalue weighted by Crippen LogP contribution is 2.36. The Morgan fingerprint density at radius 3 is 3.00 bits per heavy atom. The maximum absolute atomic E-state index is 13.3. The van der Waals surface area contributed by atoms with Crippen molar-refractivity contribution in [3.05, 3.63) is 47.5 Å². The number of ether oxygens (including phenoxy) is 1. The van der Waals surface area contributed by atoms with E-state index in [0.29, 0.717) is 18.7 Å². The third-order valence-corrected chi connectivity index (χ3v) is 4.81. The minimum atomic E-state index is -0.603. The standard InChI is InChI=1S/C19H19ClFN5O2/c1-12(18-10-24-26(25-18)14-6-13(7-14)9-22)4-5-23-19(27)11-28-15-2-3-16(20)17(21)8-15/h2-3,8,10,13-14H,1,4-7,11H2,(H,23,27)/t13-,14+. The van der Waals surface area contributed by atoms with E-state index in [2.05, 4.69) is 28.2 Å². The maximum Gasteiger partial charge on any atom is 0.257 e. The van der Waals surface area contributed by atoms with E-state index in [9.17, 15) is 9.18 Å². The summed E-state index contributed by atoms with van der Waals surface area (Å²) in [5.41, 5.74) is 1.42. The number of nitrogens with one attached hydrogen (secondary N) is 1. The third-order valence-electron chi connectivity index (χ3n) is 4.50. The first-order valence-electron chi connectivity index (χ1n) is 8.80. The summed E-state index contributed by atoms with van der Waals surface area (Å²) in [5, 5.41) is 20.2. The first kappa shape index (κ1) is 19.8. The first-order chi connectivity index (χ1) is 13.5. The Bertz CT molecular complexity index is 917. The normalized spacial score (nSPS) is 18.0. The number of nitriles is 1. The molecule has 0 spiro atoms. The molecule has 0 aliphatic heterocycles. The highest BCUT2D eigenvalue weighted by Gasteiger charge is 2.32. The Kier molecular flexibility index (Phi) is 6.26. The summed E-state index contributed by atoms with van der Waals surface area (Å²) in [6.45, 7) is 4.11. The van der Waals surface area contributed by atoms with Gasteiger partial charge in [-0.15, -0.1) is 0 Å². The van der Waals surface area contributed by atoms with Crippen molar-refractivity contribution in [2.45, 2.75) is 25.3 Å². The lowest BCUT2D eigenvalue weighted by Crippen LogP contribution is -2.29. The summed E-state index contributed by atoms with van der Waals surface area (Å²) in [4.78, 5) is 13.5. The van der Waals surface area contributed by atoms with Crippen molar-refractivity contribution in [3.63, 3.8) is 0 Å². The zero-order chi connectivity index (χ0) is 20.1. The molecule has 146 valence electrons. The van der Waals surface area contributed by atoms with E-state index in [1.165, 1.54) is 12.1 Å². The van der Waals surface area contributed by atoms with E-state index in [4.69, 9.17) is 21.6 Å². The molecule has 2 aromatic rings. The second-order valence-corrected chi connectivity index (χ2v) is 6.98. The molecule has 1 N–H and O–H groups in total. The molecule has 28 heavy (non-hydrogen) atoms. The van der Waals surface area contributed by atoms with Gasteiger partial charge in [0.05, 0.1) is 29.2 Å². The van der Waals surface area contributed by atoms with Crippen molar-refractivity contribution in [2.24, 2.45) is 5.92 Å². The minimum Gasteiger partial charge on any atom is -0.484 e. The fraction of sp³-hybridized carbons (Fsp3) is 0.368. The summed E-state index contributed by atoms with van der Waals surface area (Å²) in [6, 6.07) is 6.39. The Balaban J connectivity index is 1.38. The Hall–Kier alpha value is -2.92. The van der Waals surface area contributed by atoms with Gasteiger partial charge in [0.15, 0.2) is 6.61 Å². The topological polar surface area (TPSA) is 92.8 Å². The number of carbonyl (C=O) groups is 1. The number of nitrogens with zero attached hydrogens (tertiary/aromatic N) is 4. The molecule has 0 unspecified atom stereocenters. The highest BCUT2D eigenvalue weighted by molar-refractivity contribution is 6.30. The van der Waals surface area contributed by atoms with E-state index in [-0.39, 0.29) is 35.2 Å². The van der Waals surface area contributed by atoms with Crippen molar-refractivity contribution in [1.29, 1.82) is 5.26 Å². The Morgan fingerprint density at radius 2 is 2.29 bits per heavy atom. The molecule has 1 aromatic carbocycles. The molecule has 7 nitrogen and oxygen atoms in total. The van der Waals surface area contributed by atoms with Crippen LogP contribution in [0.5, 0.6) is 5.75 Å². The molecule has 9 heteroatoms. The number of amides is 1. The highest BCUT2D eigenvalue weighted by atomic mass is 35.5. The van der Waals surface area contributed by atoms with E-state index in [0.717, 1.165) is 24.5 Å². The van der Waals surface area contributed by atoms with Crippen molar-refractivity contribution >= 4 is 23.1 Å². The van der Waals surface area contributed by atoms with E-state index >= 15 is 0 Å². The second-order valence-electron chi connectivity index (χ2n) is 6.57. The monoisotopic (exact) mass is 403 g/mol. The molecule has 3 rings (SSSR count). The number of halogens is 2. The number of hydrogen-bond acceptors (Lipinski definition) is 5. The molecule has 0 saturated heterocycles. The predicted octanol–water partition coefficient (Wildman–Crippen LogP) is 3.14. The van der Waals surface area contributed by atoms with Crippen LogP contribution in [0, 0.1) is 23.1 Å². The summed E-state index contributed by atoms with van der Waals surface area (Å²) in [7, 11) is 0. The van der Waals surface area contributed by atoms with E-state index < -0.39 is 5.82 Å². The summed E-state index contributed by atoms with van der Waals surface area (Å²) in [5.74, 6) is -0.616. The van der Waals surface area contributed by atoms with Gasteiger partial charge in [-0.2, -0.15) is 20.3 Å². The predicted molar refractivity (Wildman–Crippen MR) is 101 cm³/mol. The summed E-state index contributed by atoms with van der Waals surface area (Å²) in [6.07, 6.45) is 3.68. The maximum atomic E-state index is 13.3. The molecule has 0 radical (unpaired) electrons. The fourth-order valence-electron chi connectivity index (χ4n) is 2.74. The Morgan fingerprint density at radius 1 is 1.50 bits per heavy atom. The smallest absolute Gasteiger partial charge is 0.257 e. The van der Waals surface area contributed by atoms with Crippen LogP contribution in [0.15, 0.2) is 31.0 Å². The van der Waals surface area contributed by atoms with Crippen molar-refractivity contribution in [3.8, 4) is 11.8 Å². The minimum absolute atomic E-state index is 0.00515. The molecular weight excluding hydrogens is 385 g/mol. The zero-order valence-electron chi connectivity index (χ0n) is 15.1. The van der Waals surface area contributed by atoms with Crippen LogP contribution in [-0.4, -0.2) is 34.1 Å². The van der Waals surface area contributed by atoms with Crippen LogP contribution in [0.3, 0.4) is 0 Å². The number of hydrogen-bond donors (Lipinski definition) is 1. The number of carbonyl (C=O) groups excluding carboxylic acids is 1. The molecule has 1 amide bonds. The van der Waals surface area contributed by atoms with Gasteiger partial charge in [-0.05, 0) is 37.0 Å². The van der Waals surface area contributed by atoms with Gasteiger partial charge in [0, 0.05) is 12.6 Å². The van der Waals surface area contributed by atoms with Crippen molar-refractivity contribution in [2.75, 3.05) is 13.2 Å². The molecule has 0 atom stereocenters. The van der Waals surface area contributed by atoms with Crippen LogP contribution in [0.2, 0.25) is 5.02 Å². The van der Waals surface area contributed by atoms with Gasteiger partial charge in [0.25, 0.3) is 5.91 Å². The molecule has 1 saturated carbocycles. The lowest BCUT2D eigenvalue weighted by Gasteiger charge is -2.29. The largest absolute Gasteiger partial charge is 0.484 e. The molecule has 1 heterocycles. The molecule has 1 aliphatic rings. The average Bonchev–Trinajstić information content (AvgIpc) is 3.11. The lowest BCUT2D eigenvalue weighted by molar-refractivity contribution is -0.123. The average molecular weight is 404 g/mol. The second kappa shape index (κ2) is 8.85. The van der Waals surface area contributed by atoms with E-state index in [1.54, 1.807) is 11.0 Å². The lowest BCUT2D eigenvalue weighted by atomic mass is 9.82. The van der Waals surface area contributed by atoms with E-state index in [1.807, 2.05) is 0 Å². The molecule has 1 fully saturated rings. The van der Waals surface area contributed by atoms with Crippen LogP contribution in [0.4, 0.5) is 4.39 Å². The fourth-order valence-corrected chi connectivity index (χ4v) is 2.86. The van der Waals surface area contributed by atoms with Crippen LogP contribution in [0.25, 0.3) is 5.57 Å². The van der Waals surface area contributed by atoms with Gasteiger partial charge in [-0.25, -0.2) is 4.39 Å². The Labute approximate surface area is 166 Å². The van der Waals surface area contributed by atoms with Gasteiger partial charge >= 0.3 is 0 Å². The number of rotatable bonds is 8. The van der Waals surface area contributed by atoms with Gasteiger partial charge < -0.3 is 10.1 Å². The van der Waals surface area contributed by atoms with Gasteiger partial charge in [0.1, 0.15) is 17.3 Å². The van der Waals surface area contributed by atoms with Gasteiger partial charge in [0.2, 0.25) is 0 Å². The molecule has 1 aromatic heterocycles. The summed E-state index contributed by atoms with van der Waals surface area (Å²) >= 11 is 5.59. The summed E-state index contributed by atoms with van der Waals surface area (Å²) < 4.78 is 18.6. The van der Waals surface area contributed by atoms with Crippen LogP contribution in [-0.2, 0) is 4.79 Å². The van der Waals surface area contributed by atoms with Crippen LogP contribution in [0.1, 0.15) is 31.0 Å². The number of benzene rings is 1. The van der Waals surface area contributed by atoms with Crippen LogP contribution >= 0.6 is 11.6 Å². The third kappa shape index (κ3) is 4.87. The number of aromatic nitrogens is 3.